The second-order valence-corrected chi connectivity index (χ2v) is 8.22. The van der Waals surface area contributed by atoms with Crippen LogP contribution in [0, 0.1) is 18.6 Å². The van der Waals surface area contributed by atoms with E-state index in [1.165, 1.54) is 42.5 Å². The Hall–Kier alpha value is -3.26. The van der Waals surface area contributed by atoms with Crippen molar-refractivity contribution in [1.29, 1.82) is 0 Å². The van der Waals surface area contributed by atoms with Crippen LogP contribution in [0.25, 0.3) is 0 Å². The van der Waals surface area contributed by atoms with E-state index in [9.17, 15) is 22.0 Å². The van der Waals surface area contributed by atoms with Gasteiger partial charge in [-0.1, -0.05) is 23.8 Å². The van der Waals surface area contributed by atoms with Gasteiger partial charge in [0.05, 0.1) is 10.6 Å². The molecule has 0 unspecified atom stereocenters. The number of carbonyl (C=O) groups is 1. The molecule has 8 heteroatoms. The predicted molar refractivity (Wildman–Crippen MR) is 107 cm³/mol. The molecule has 0 aromatic heterocycles. The first kappa shape index (κ1) is 20.5. The summed E-state index contributed by atoms with van der Waals surface area (Å²) in [5, 5.41) is 2.47. The summed E-state index contributed by atoms with van der Waals surface area (Å²) >= 11 is 0. The minimum Gasteiger partial charge on any atom is -0.324 e. The number of aryl methyl sites for hydroxylation is 1. The standard InChI is InChI=1S/C21H18F2N2O3S/c1-15-5-11-20(12-6-15)29(27,28)25(19-9-7-16(22)8-10-19)14-21(26)24-18-4-2-3-17(23)13-18/h2-13H,14H2,1H3,(H,24,26). The van der Waals surface area contributed by atoms with E-state index in [0.717, 1.165) is 28.1 Å². The van der Waals surface area contributed by atoms with Crippen LogP contribution < -0.4 is 9.62 Å². The molecule has 0 saturated carbocycles. The zero-order chi connectivity index (χ0) is 21.0. The molecule has 0 spiro atoms. The zero-order valence-corrected chi connectivity index (χ0v) is 16.3. The molecule has 29 heavy (non-hydrogen) atoms. The maximum absolute atomic E-state index is 13.3. The van der Waals surface area contributed by atoms with Gasteiger partial charge in [-0.25, -0.2) is 17.2 Å². The second kappa shape index (κ2) is 8.40. The average molecular weight is 416 g/mol. The Morgan fingerprint density at radius 1 is 0.931 bits per heavy atom. The monoisotopic (exact) mass is 416 g/mol. The molecule has 3 aromatic carbocycles. The van der Waals surface area contributed by atoms with Crippen molar-refractivity contribution in [2.45, 2.75) is 11.8 Å². The molecule has 3 rings (SSSR count). The minimum absolute atomic E-state index is 0.00835. The molecule has 0 heterocycles. The van der Waals surface area contributed by atoms with Crippen molar-refractivity contribution < 1.29 is 22.0 Å². The van der Waals surface area contributed by atoms with Crippen molar-refractivity contribution in [1.82, 2.24) is 0 Å². The van der Waals surface area contributed by atoms with E-state index >= 15 is 0 Å². The fourth-order valence-electron chi connectivity index (χ4n) is 2.66. The van der Waals surface area contributed by atoms with Gasteiger partial charge in [-0.2, -0.15) is 0 Å². The molecule has 0 bridgehead atoms. The lowest BCUT2D eigenvalue weighted by Gasteiger charge is -2.24. The van der Waals surface area contributed by atoms with Gasteiger partial charge in [0.15, 0.2) is 0 Å². The molecule has 0 fully saturated rings. The number of rotatable bonds is 6. The number of nitrogens with one attached hydrogen (secondary N) is 1. The maximum atomic E-state index is 13.3. The Bertz CT molecular complexity index is 1120. The van der Waals surface area contributed by atoms with Gasteiger partial charge in [0.2, 0.25) is 5.91 Å². The van der Waals surface area contributed by atoms with Crippen molar-refractivity contribution in [3.05, 3.63) is 90.0 Å². The van der Waals surface area contributed by atoms with Crippen LogP contribution in [0.5, 0.6) is 0 Å². The van der Waals surface area contributed by atoms with Crippen molar-refractivity contribution >= 4 is 27.3 Å². The lowest BCUT2D eigenvalue weighted by Crippen LogP contribution is -2.38. The van der Waals surface area contributed by atoms with Gasteiger partial charge >= 0.3 is 0 Å². The smallest absolute Gasteiger partial charge is 0.264 e. The molecule has 0 aliphatic rings. The summed E-state index contributed by atoms with van der Waals surface area (Å²) in [6.07, 6.45) is 0. The Morgan fingerprint density at radius 3 is 2.21 bits per heavy atom. The zero-order valence-electron chi connectivity index (χ0n) is 15.5. The highest BCUT2D eigenvalue weighted by molar-refractivity contribution is 7.92. The minimum atomic E-state index is -4.10. The first-order chi connectivity index (χ1) is 13.8. The highest BCUT2D eigenvalue weighted by Gasteiger charge is 2.27. The van der Waals surface area contributed by atoms with Crippen LogP contribution in [0.2, 0.25) is 0 Å². The van der Waals surface area contributed by atoms with Crippen molar-refractivity contribution in [3.8, 4) is 0 Å². The van der Waals surface area contributed by atoms with Gasteiger partial charge in [-0.15, -0.1) is 0 Å². The number of anilines is 2. The second-order valence-electron chi connectivity index (χ2n) is 6.36. The summed E-state index contributed by atoms with van der Waals surface area (Å²) in [7, 11) is -4.10. The molecule has 150 valence electrons. The third-order valence-electron chi connectivity index (χ3n) is 4.12. The quantitative estimate of drug-likeness (QED) is 0.658. The van der Waals surface area contributed by atoms with Crippen LogP contribution in [-0.2, 0) is 14.8 Å². The number of hydrogen-bond donors (Lipinski definition) is 1. The summed E-state index contributed by atoms with van der Waals surface area (Å²) in [6.45, 7) is 1.25. The van der Waals surface area contributed by atoms with E-state index in [0.29, 0.717) is 0 Å². The number of nitrogens with zero attached hydrogens (tertiary/aromatic N) is 1. The summed E-state index contributed by atoms with van der Waals surface area (Å²) < 4.78 is 53.9. The molecule has 0 aliphatic carbocycles. The van der Waals surface area contributed by atoms with Gasteiger partial charge in [0, 0.05) is 5.69 Å². The van der Waals surface area contributed by atoms with Gasteiger partial charge in [0.25, 0.3) is 10.0 Å². The lowest BCUT2D eigenvalue weighted by molar-refractivity contribution is -0.114. The van der Waals surface area contributed by atoms with Crippen molar-refractivity contribution in [2.24, 2.45) is 0 Å². The van der Waals surface area contributed by atoms with Gasteiger partial charge in [-0.3, -0.25) is 9.10 Å². The van der Waals surface area contributed by atoms with Crippen LogP contribution in [-0.4, -0.2) is 20.9 Å². The van der Waals surface area contributed by atoms with Crippen LogP contribution in [0.15, 0.2) is 77.7 Å². The number of amides is 1. The fraction of sp³-hybridized carbons (Fsp3) is 0.0952. The third kappa shape index (κ3) is 4.97. The third-order valence-corrected chi connectivity index (χ3v) is 5.91. The Kier molecular flexibility index (Phi) is 5.93. The summed E-state index contributed by atoms with van der Waals surface area (Å²) in [5.74, 6) is -1.74. The van der Waals surface area contributed by atoms with Gasteiger partial charge in [-0.05, 0) is 61.5 Å². The molecule has 1 N–H and O–H groups in total. The first-order valence-corrected chi connectivity index (χ1v) is 10.1. The van der Waals surface area contributed by atoms with E-state index in [4.69, 9.17) is 0 Å². The Labute approximate surface area is 167 Å². The maximum Gasteiger partial charge on any atom is 0.264 e. The van der Waals surface area contributed by atoms with E-state index in [1.54, 1.807) is 12.1 Å². The lowest BCUT2D eigenvalue weighted by atomic mass is 10.2. The molecular weight excluding hydrogens is 398 g/mol. The van der Waals surface area contributed by atoms with Gasteiger partial charge < -0.3 is 5.32 Å². The molecule has 5 nitrogen and oxygen atoms in total. The average Bonchev–Trinajstić information content (AvgIpc) is 2.67. The van der Waals surface area contributed by atoms with E-state index in [2.05, 4.69) is 5.32 Å². The van der Waals surface area contributed by atoms with Crippen LogP contribution >= 0.6 is 0 Å². The molecule has 0 radical (unpaired) electrons. The number of carbonyl (C=O) groups excluding carboxylic acids is 1. The SMILES string of the molecule is Cc1ccc(S(=O)(=O)N(CC(=O)Nc2cccc(F)c2)c2ccc(F)cc2)cc1. The van der Waals surface area contributed by atoms with E-state index in [1.807, 2.05) is 6.92 Å². The molecule has 1 amide bonds. The van der Waals surface area contributed by atoms with Crippen LogP contribution in [0.3, 0.4) is 0 Å². The van der Waals surface area contributed by atoms with Gasteiger partial charge in [0.1, 0.15) is 18.2 Å². The Balaban J connectivity index is 1.93. The predicted octanol–water partition coefficient (Wildman–Crippen LogP) is 4.11. The fourth-order valence-corrected chi connectivity index (χ4v) is 4.08. The molecule has 0 aliphatic heterocycles. The molecule has 0 atom stereocenters. The molecule has 3 aromatic rings. The van der Waals surface area contributed by atoms with E-state index in [-0.39, 0.29) is 16.3 Å². The summed E-state index contributed by atoms with van der Waals surface area (Å²) in [5.41, 5.74) is 1.20. The first-order valence-electron chi connectivity index (χ1n) is 8.66. The molecule has 0 saturated heterocycles. The van der Waals surface area contributed by atoms with Crippen LogP contribution in [0.1, 0.15) is 5.56 Å². The summed E-state index contributed by atoms with van der Waals surface area (Å²) in [4.78, 5) is 12.5. The normalized spacial score (nSPS) is 11.1. The summed E-state index contributed by atoms with van der Waals surface area (Å²) in [6, 6.07) is 16.2. The number of sulfonamides is 1. The number of benzene rings is 3. The highest BCUT2D eigenvalue weighted by Crippen LogP contribution is 2.24. The van der Waals surface area contributed by atoms with Crippen LogP contribution in [0.4, 0.5) is 20.2 Å². The van der Waals surface area contributed by atoms with Crippen molar-refractivity contribution in [2.75, 3.05) is 16.2 Å². The molecular formula is C21H18F2N2O3S. The number of halogens is 2. The number of hydrogen-bond acceptors (Lipinski definition) is 3. The Morgan fingerprint density at radius 2 is 1.59 bits per heavy atom. The topological polar surface area (TPSA) is 66.5 Å². The largest absolute Gasteiger partial charge is 0.324 e. The van der Waals surface area contributed by atoms with E-state index < -0.39 is 34.1 Å². The van der Waals surface area contributed by atoms with Crippen molar-refractivity contribution in [3.63, 3.8) is 0 Å². The highest BCUT2D eigenvalue weighted by atomic mass is 32.2.